The van der Waals surface area contributed by atoms with Crippen molar-refractivity contribution in [3.8, 4) is 11.4 Å². The highest BCUT2D eigenvalue weighted by molar-refractivity contribution is 5.80. The Morgan fingerprint density at radius 2 is 1.83 bits per heavy atom. The summed E-state index contributed by atoms with van der Waals surface area (Å²) in [5.41, 5.74) is 4.38. The number of aliphatic carboxylic acids is 1. The number of fused-ring (bicyclic) bond motifs is 1. The summed E-state index contributed by atoms with van der Waals surface area (Å²) in [4.78, 5) is 15.4. The number of aryl methyl sites for hydroxylation is 2. The Hall–Kier alpha value is -2.62. The van der Waals surface area contributed by atoms with Crippen LogP contribution in [0.2, 0.25) is 0 Å². The van der Waals surface area contributed by atoms with Crippen molar-refractivity contribution in [1.29, 1.82) is 0 Å². The van der Waals surface area contributed by atoms with Gasteiger partial charge >= 0.3 is 5.97 Å². The van der Waals surface area contributed by atoms with Gasteiger partial charge in [0, 0.05) is 18.5 Å². The quantitative estimate of drug-likeness (QED) is 0.692. The predicted octanol–water partition coefficient (Wildman–Crippen LogP) is 4.27. The molecule has 23 heavy (non-hydrogen) atoms. The first kappa shape index (κ1) is 15.3. The third-order valence-corrected chi connectivity index (χ3v) is 3.99. The minimum atomic E-state index is -0.737. The van der Waals surface area contributed by atoms with Crippen molar-refractivity contribution in [2.45, 2.75) is 32.7 Å². The van der Waals surface area contributed by atoms with Crippen LogP contribution in [-0.4, -0.2) is 20.6 Å². The molecular weight excluding hydrogens is 288 g/mol. The number of benzene rings is 2. The van der Waals surface area contributed by atoms with E-state index in [0.29, 0.717) is 6.42 Å². The Bertz CT molecular complexity index is 819. The maximum atomic E-state index is 10.7. The van der Waals surface area contributed by atoms with E-state index in [4.69, 9.17) is 10.1 Å². The van der Waals surface area contributed by atoms with Gasteiger partial charge in [0.2, 0.25) is 0 Å². The fourth-order valence-electron chi connectivity index (χ4n) is 2.77. The van der Waals surface area contributed by atoms with Crippen molar-refractivity contribution in [3.63, 3.8) is 0 Å². The van der Waals surface area contributed by atoms with Gasteiger partial charge in [-0.15, -0.1) is 0 Å². The van der Waals surface area contributed by atoms with Crippen LogP contribution in [0, 0.1) is 6.92 Å². The smallest absolute Gasteiger partial charge is 0.303 e. The lowest BCUT2D eigenvalue weighted by Gasteiger charge is -2.09. The Morgan fingerprint density at radius 3 is 2.57 bits per heavy atom. The Balaban J connectivity index is 1.94. The van der Waals surface area contributed by atoms with Gasteiger partial charge in [-0.05, 0) is 31.9 Å². The molecule has 0 saturated heterocycles. The van der Waals surface area contributed by atoms with Gasteiger partial charge < -0.3 is 9.67 Å². The molecule has 0 aliphatic carbocycles. The fraction of sp³-hybridized carbons (Fsp3) is 0.263. The van der Waals surface area contributed by atoms with E-state index in [0.717, 1.165) is 35.4 Å². The van der Waals surface area contributed by atoms with Crippen LogP contribution in [0.4, 0.5) is 0 Å². The number of hydrogen-bond acceptors (Lipinski definition) is 2. The Morgan fingerprint density at radius 1 is 1.09 bits per heavy atom. The van der Waals surface area contributed by atoms with E-state index < -0.39 is 5.97 Å². The van der Waals surface area contributed by atoms with E-state index in [1.54, 1.807) is 0 Å². The maximum absolute atomic E-state index is 10.7. The van der Waals surface area contributed by atoms with Crippen molar-refractivity contribution < 1.29 is 9.90 Å². The molecular formula is C19H20N2O2. The molecule has 1 aromatic heterocycles. The molecule has 3 rings (SSSR count). The molecule has 0 fully saturated rings. The van der Waals surface area contributed by atoms with Crippen molar-refractivity contribution in [2.75, 3.05) is 0 Å². The minimum Gasteiger partial charge on any atom is -0.481 e. The molecule has 1 N–H and O–H groups in total. The van der Waals surface area contributed by atoms with Gasteiger partial charge in [-0.3, -0.25) is 4.79 Å². The van der Waals surface area contributed by atoms with Gasteiger partial charge in [0.05, 0.1) is 11.0 Å². The van der Waals surface area contributed by atoms with Crippen LogP contribution in [0.1, 0.15) is 24.8 Å². The van der Waals surface area contributed by atoms with Gasteiger partial charge in [0.1, 0.15) is 5.82 Å². The number of carboxylic acid groups (broad SMARTS) is 1. The van der Waals surface area contributed by atoms with Crippen LogP contribution in [0.5, 0.6) is 0 Å². The average Bonchev–Trinajstić information content (AvgIpc) is 2.91. The van der Waals surface area contributed by atoms with Crippen molar-refractivity contribution in [2.24, 2.45) is 0 Å². The number of rotatable bonds is 6. The van der Waals surface area contributed by atoms with Gasteiger partial charge in [-0.25, -0.2) is 4.98 Å². The lowest BCUT2D eigenvalue weighted by molar-refractivity contribution is -0.137. The highest BCUT2D eigenvalue weighted by atomic mass is 16.4. The van der Waals surface area contributed by atoms with Gasteiger partial charge in [-0.1, -0.05) is 42.0 Å². The van der Waals surface area contributed by atoms with Crippen LogP contribution >= 0.6 is 0 Å². The Labute approximate surface area is 135 Å². The van der Waals surface area contributed by atoms with E-state index in [2.05, 4.69) is 41.8 Å². The van der Waals surface area contributed by atoms with Gasteiger partial charge in [-0.2, -0.15) is 0 Å². The number of carboxylic acids is 1. The standard InChI is InChI=1S/C19H20N2O2/c1-14-9-11-15(12-10-14)19-20-16-6-2-3-7-17(16)21(19)13-5-4-8-18(22)23/h2-3,6-7,9-12H,4-5,8,13H2,1H3,(H,22,23). The molecule has 0 aliphatic rings. The molecule has 0 bridgehead atoms. The largest absolute Gasteiger partial charge is 0.481 e. The molecule has 0 spiro atoms. The minimum absolute atomic E-state index is 0.215. The molecule has 0 unspecified atom stereocenters. The topological polar surface area (TPSA) is 55.1 Å². The van der Waals surface area contributed by atoms with Crippen LogP contribution in [0.15, 0.2) is 48.5 Å². The van der Waals surface area contributed by atoms with Crippen molar-refractivity contribution in [1.82, 2.24) is 9.55 Å². The van der Waals surface area contributed by atoms with Crippen LogP contribution < -0.4 is 0 Å². The molecule has 0 aliphatic heterocycles. The molecule has 0 saturated carbocycles. The van der Waals surface area contributed by atoms with Crippen LogP contribution in [0.25, 0.3) is 22.4 Å². The van der Waals surface area contributed by atoms with E-state index in [1.807, 2.05) is 18.2 Å². The number of para-hydroxylation sites is 2. The summed E-state index contributed by atoms with van der Waals surface area (Å²) in [6.07, 6.45) is 1.72. The van der Waals surface area contributed by atoms with Crippen LogP contribution in [0.3, 0.4) is 0 Å². The number of imidazole rings is 1. The molecule has 1 heterocycles. The first-order valence-corrected chi connectivity index (χ1v) is 7.89. The second-order valence-electron chi connectivity index (χ2n) is 5.79. The zero-order chi connectivity index (χ0) is 16.2. The summed E-state index contributed by atoms with van der Waals surface area (Å²) in [5.74, 6) is 0.209. The summed E-state index contributed by atoms with van der Waals surface area (Å²) in [5, 5.41) is 8.78. The number of hydrogen-bond donors (Lipinski definition) is 1. The molecule has 4 nitrogen and oxygen atoms in total. The summed E-state index contributed by atoms with van der Waals surface area (Å²) >= 11 is 0. The maximum Gasteiger partial charge on any atom is 0.303 e. The molecule has 0 amide bonds. The summed E-state index contributed by atoms with van der Waals surface area (Å²) in [6.45, 7) is 2.84. The van der Waals surface area contributed by atoms with Crippen LogP contribution in [-0.2, 0) is 11.3 Å². The SMILES string of the molecule is Cc1ccc(-c2nc3ccccc3n2CCCCC(=O)O)cc1. The first-order valence-electron chi connectivity index (χ1n) is 7.89. The zero-order valence-electron chi connectivity index (χ0n) is 13.2. The second kappa shape index (κ2) is 6.65. The number of unbranched alkanes of at least 4 members (excludes halogenated alkanes) is 1. The molecule has 118 valence electrons. The molecule has 3 aromatic rings. The van der Waals surface area contributed by atoms with Gasteiger partial charge in [0.15, 0.2) is 0 Å². The highest BCUT2D eigenvalue weighted by Gasteiger charge is 2.12. The summed E-state index contributed by atoms with van der Waals surface area (Å²) in [7, 11) is 0. The van der Waals surface area contributed by atoms with Crippen molar-refractivity contribution >= 4 is 17.0 Å². The van der Waals surface area contributed by atoms with E-state index in [-0.39, 0.29) is 6.42 Å². The number of aromatic nitrogens is 2. The normalized spacial score (nSPS) is 11.0. The fourth-order valence-corrected chi connectivity index (χ4v) is 2.77. The molecule has 4 heteroatoms. The van der Waals surface area contributed by atoms with E-state index in [9.17, 15) is 4.79 Å². The highest BCUT2D eigenvalue weighted by Crippen LogP contribution is 2.25. The zero-order valence-corrected chi connectivity index (χ0v) is 13.2. The predicted molar refractivity (Wildman–Crippen MR) is 91.4 cm³/mol. The van der Waals surface area contributed by atoms with E-state index in [1.165, 1.54) is 5.56 Å². The van der Waals surface area contributed by atoms with E-state index >= 15 is 0 Å². The lowest BCUT2D eigenvalue weighted by Crippen LogP contribution is -2.02. The molecule has 0 radical (unpaired) electrons. The third kappa shape index (κ3) is 3.42. The second-order valence-corrected chi connectivity index (χ2v) is 5.79. The monoisotopic (exact) mass is 308 g/mol. The Kier molecular flexibility index (Phi) is 4.42. The third-order valence-electron chi connectivity index (χ3n) is 3.99. The number of nitrogens with zero attached hydrogens (tertiary/aromatic N) is 2. The lowest BCUT2D eigenvalue weighted by atomic mass is 10.1. The summed E-state index contributed by atoms with van der Waals surface area (Å²) in [6, 6.07) is 16.4. The number of carbonyl (C=O) groups is 1. The summed E-state index contributed by atoms with van der Waals surface area (Å²) < 4.78 is 2.20. The van der Waals surface area contributed by atoms with Crippen molar-refractivity contribution in [3.05, 3.63) is 54.1 Å². The average molecular weight is 308 g/mol. The molecule has 0 atom stereocenters. The molecule has 2 aromatic carbocycles. The first-order chi connectivity index (χ1) is 11.1. The van der Waals surface area contributed by atoms with Gasteiger partial charge in [0.25, 0.3) is 0 Å².